The molecule has 1 unspecified atom stereocenters. The van der Waals surface area contributed by atoms with E-state index in [0.29, 0.717) is 18.0 Å². The molecule has 2 heterocycles. The van der Waals surface area contributed by atoms with E-state index in [1.807, 2.05) is 13.8 Å². The van der Waals surface area contributed by atoms with Crippen LogP contribution in [0.25, 0.3) is 0 Å². The largest absolute Gasteiger partial charge is 0.475 e. The van der Waals surface area contributed by atoms with Gasteiger partial charge in [-0.05, 0) is 25.2 Å². The summed E-state index contributed by atoms with van der Waals surface area (Å²) < 4.78 is 10.9. The third kappa shape index (κ3) is 2.90. The number of oxazole rings is 1. The van der Waals surface area contributed by atoms with Gasteiger partial charge < -0.3 is 14.3 Å². The highest BCUT2D eigenvalue weighted by atomic mass is 16.5. The first-order valence-corrected chi connectivity index (χ1v) is 6.42. The lowest BCUT2D eigenvalue weighted by Crippen LogP contribution is -2.06. The molecule has 1 aliphatic rings. The summed E-state index contributed by atoms with van der Waals surface area (Å²) >= 11 is 0. The van der Waals surface area contributed by atoms with Gasteiger partial charge in [0.15, 0.2) is 5.89 Å². The van der Waals surface area contributed by atoms with E-state index >= 15 is 0 Å². The zero-order chi connectivity index (χ0) is 13.1. The fourth-order valence-corrected chi connectivity index (χ4v) is 2.19. The summed E-state index contributed by atoms with van der Waals surface area (Å²) in [7, 11) is 0. The second kappa shape index (κ2) is 5.52. The summed E-state index contributed by atoms with van der Waals surface area (Å²) in [5.41, 5.74) is 0.532. The van der Waals surface area contributed by atoms with Crippen molar-refractivity contribution in [2.75, 3.05) is 6.61 Å². The highest BCUT2D eigenvalue weighted by Gasteiger charge is 2.23. The Morgan fingerprint density at radius 1 is 1.56 bits per heavy atom. The summed E-state index contributed by atoms with van der Waals surface area (Å²) in [6.07, 6.45) is 3.93. The number of carbonyl (C=O) groups is 1. The smallest absolute Gasteiger partial charge is 0.373 e. The lowest BCUT2D eigenvalue weighted by molar-refractivity contribution is 0.0657. The van der Waals surface area contributed by atoms with Gasteiger partial charge in [0.1, 0.15) is 0 Å². The normalized spacial score (nSPS) is 19.6. The number of hydrogen-bond donors (Lipinski definition) is 1. The zero-order valence-corrected chi connectivity index (χ0v) is 10.8. The first-order chi connectivity index (χ1) is 8.58. The number of hydrogen-bond acceptors (Lipinski definition) is 4. The molecule has 0 saturated carbocycles. The molecular formula is C13H19NO4. The third-order valence-electron chi connectivity index (χ3n) is 3.14. The number of ether oxygens (including phenoxy) is 1. The molecule has 0 aromatic carbocycles. The molecule has 0 amide bonds. The van der Waals surface area contributed by atoms with Gasteiger partial charge in [0.05, 0.1) is 11.8 Å². The molecule has 0 aliphatic carbocycles. The Balaban J connectivity index is 2.04. The molecule has 1 atom stereocenters. The van der Waals surface area contributed by atoms with Gasteiger partial charge in [0.25, 0.3) is 0 Å². The fourth-order valence-electron chi connectivity index (χ4n) is 2.19. The number of nitrogens with zero attached hydrogens (tertiary/aromatic N) is 1. The van der Waals surface area contributed by atoms with Crippen molar-refractivity contribution >= 4 is 5.97 Å². The van der Waals surface area contributed by atoms with Crippen LogP contribution in [0.5, 0.6) is 0 Å². The number of aromatic nitrogens is 1. The van der Waals surface area contributed by atoms with Crippen LogP contribution in [0.4, 0.5) is 0 Å². The van der Waals surface area contributed by atoms with Crippen molar-refractivity contribution in [1.82, 2.24) is 4.98 Å². The number of aryl methyl sites for hydroxylation is 1. The lowest BCUT2D eigenvalue weighted by Gasteiger charge is -2.06. The van der Waals surface area contributed by atoms with Crippen molar-refractivity contribution < 1.29 is 19.1 Å². The van der Waals surface area contributed by atoms with Gasteiger partial charge in [-0.2, -0.15) is 0 Å². The molecule has 1 fully saturated rings. The molecule has 1 aliphatic heterocycles. The van der Waals surface area contributed by atoms with Gasteiger partial charge in [-0.25, -0.2) is 9.78 Å². The van der Waals surface area contributed by atoms with Crippen LogP contribution in [-0.2, 0) is 11.2 Å². The Hall–Kier alpha value is -1.36. The minimum absolute atomic E-state index is 0.0210. The monoisotopic (exact) mass is 253 g/mol. The van der Waals surface area contributed by atoms with E-state index in [1.165, 1.54) is 0 Å². The number of carboxylic acids is 1. The van der Waals surface area contributed by atoms with Crippen LogP contribution in [0.1, 0.15) is 61.2 Å². The van der Waals surface area contributed by atoms with E-state index in [9.17, 15) is 4.79 Å². The van der Waals surface area contributed by atoms with E-state index in [4.69, 9.17) is 14.3 Å². The zero-order valence-electron chi connectivity index (χ0n) is 10.8. The molecule has 18 heavy (non-hydrogen) atoms. The predicted octanol–water partition coefficient (Wildman–Crippen LogP) is 2.61. The van der Waals surface area contributed by atoms with Crippen molar-refractivity contribution in [3.05, 3.63) is 17.3 Å². The second-order valence-corrected chi connectivity index (χ2v) is 4.96. The van der Waals surface area contributed by atoms with Crippen molar-refractivity contribution in [3.8, 4) is 0 Å². The minimum atomic E-state index is -1.05. The van der Waals surface area contributed by atoms with Crippen molar-refractivity contribution in [2.45, 2.75) is 51.6 Å². The highest BCUT2D eigenvalue weighted by molar-refractivity contribution is 5.85. The van der Waals surface area contributed by atoms with Gasteiger partial charge in [0, 0.05) is 13.0 Å². The standard InChI is InChI=1S/C13H19NO4/c1-8(2)11-12(13(15)16)18-10(14-11)6-5-9-4-3-7-17-9/h8-9H,3-7H2,1-2H3,(H,15,16). The van der Waals surface area contributed by atoms with E-state index in [2.05, 4.69) is 4.98 Å². The Bertz CT molecular complexity index is 419. The van der Waals surface area contributed by atoms with E-state index in [0.717, 1.165) is 25.9 Å². The van der Waals surface area contributed by atoms with Crippen LogP contribution in [0.3, 0.4) is 0 Å². The molecule has 100 valence electrons. The fraction of sp³-hybridized carbons (Fsp3) is 0.692. The molecule has 5 nitrogen and oxygen atoms in total. The van der Waals surface area contributed by atoms with Gasteiger partial charge in [0.2, 0.25) is 5.76 Å². The lowest BCUT2D eigenvalue weighted by atomic mass is 10.1. The number of aromatic carboxylic acids is 1. The summed E-state index contributed by atoms with van der Waals surface area (Å²) in [4.78, 5) is 15.3. The Labute approximate surface area is 106 Å². The molecule has 1 aromatic heterocycles. The van der Waals surface area contributed by atoms with Crippen molar-refractivity contribution in [3.63, 3.8) is 0 Å². The molecule has 1 saturated heterocycles. The molecular weight excluding hydrogens is 234 g/mol. The highest BCUT2D eigenvalue weighted by Crippen LogP contribution is 2.22. The Morgan fingerprint density at radius 3 is 2.83 bits per heavy atom. The van der Waals surface area contributed by atoms with Crippen LogP contribution >= 0.6 is 0 Å². The molecule has 0 radical (unpaired) electrons. The SMILES string of the molecule is CC(C)c1nc(CCC2CCCO2)oc1C(=O)O. The van der Waals surface area contributed by atoms with E-state index in [1.54, 1.807) is 0 Å². The van der Waals surface area contributed by atoms with E-state index in [-0.39, 0.29) is 17.8 Å². The Kier molecular flexibility index (Phi) is 4.01. The molecule has 2 rings (SSSR count). The molecule has 5 heteroatoms. The predicted molar refractivity (Wildman–Crippen MR) is 64.8 cm³/mol. The third-order valence-corrected chi connectivity index (χ3v) is 3.14. The second-order valence-electron chi connectivity index (χ2n) is 4.96. The number of carboxylic acid groups (broad SMARTS) is 1. The average Bonchev–Trinajstić information content (AvgIpc) is 2.95. The van der Waals surface area contributed by atoms with Crippen LogP contribution in [-0.4, -0.2) is 28.8 Å². The van der Waals surface area contributed by atoms with Crippen LogP contribution in [0, 0.1) is 0 Å². The summed E-state index contributed by atoms with van der Waals surface area (Å²) in [6, 6.07) is 0. The first kappa shape index (κ1) is 13.1. The molecule has 0 bridgehead atoms. The average molecular weight is 253 g/mol. The van der Waals surface area contributed by atoms with Crippen molar-refractivity contribution in [2.24, 2.45) is 0 Å². The molecule has 1 aromatic rings. The topological polar surface area (TPSA) is 72.6 Å². The molecule has 1 N–H and O–H groups in total. The quantitative estimate of drug-likeness (QED) is 0.873. The van der Waals surface area contributed by atoms with Crippen LogP contribution in [0.2, 0.25) is 0 Å². The minimum Gasteiger partial charge on any atom is -0.475 e. The molecule has 0 spiro atoms. The summed E-state index contributed by atoms with van der Waals surface area (Å²) in [5, 5.41) is 9.05. The maximum Gasteiger partial charge on any atom is 0.373 e. The first-order valence-electron chi connectivity index (χ1n) is 6.42. The van der Waals surface area contributed by atoms with Crippen LogP contribution < -0.4 is 0 Å². The van der Waals surface area contributed by atoms with E-state index < -0.39 is 5.97 Å². The van der Waals surface area contributed by atoms with Gasteiger partial charge >= 0.3 is 5.97 Å². The van der Waals surface area contributed by atoms with Gasteiger partial charge in [-0.1, -0.05) is 13.8 Å². The number of rotatable bonds is 5. The van der Waals surface area contributed by atoms with Crippen molar-refractivity contribution in [1.29, 1.82) is 0 Å². The van der Waals surface area contributed by atoms with Crippen LogP contribution in [0.15, 0.2) is 4.42 Å². The summed E-state index contributed by atoms with van der Waals surface area (Å²) in [5.74, 6) is -0.509. The summed E-state index contributed by atoms with van der Waals surface area (Å²) in [6.45, 7) is 4.65. The Morgan fingerprint density at radius 2 is 2.33 bits per heavy atom. The van der Waals surface area contributed by atoms with Gasteiger partial charge in [-0.15, -0.1) is 0 Å². The maximum absolute atomic E-state index is 11.0. The van der Waals surface area contributed by atoms with Gasteiger partial charge in [-0.3, -0.25) is 0 Å². The maximum atomic E-state index is 11.0.